The van der Waals surface area contributed by atoms with Crippen molar-refractivity contribution in [3.05, 3.63) is 46.7 Å². The summed E-state index contributed by atoms with van der Waals surface area (Å²) in [4.78, 5) is 14.2. The van der Waals surface area contributed by atoms with E-state index in [-0.39, 0.29) is 12.1 Å². The molecule has 3 rings (SSSR count). The molecule has 0 bridgehead atoms. The van der Waals surface area contributed by atoms with Crippen LogP contribution in [-0.4, -0.2) is 31.8 Å². The van der Waals surface area contributed by atoms with Crippen molar-refractivity contribution in [1.29, 1.82) is 0 Å². The van der Waals surface area contributed by atoms with Gasteiger partial charge >= 0.3 is 6.03 Å². The van der Waals surface area contributed by atoms with E-state index in [1.54, 1.807) is 11.3 Å². The molecule has 1 aliphatic rings. The Kier molecular flexibility index (Phi) is 5.15. The lowest BCUT2D eigenvalue weighted by molar-refractivity contribution is 0.0532. The quantitative estimate of drug-likeness (QED) is 0.904. The highest BCUT2D eigenvalue weighted by molar-refractivity contribution is 7.07. The van der Waals surface area contributed by atoms with Gasteiger partial charge in [-0.05, 0) is 53.6 Å². The van der Waals surface area contributed by atoms with Crippen molar-refractivity contribution >= 4 is 28.7 Å². The summed E-state index contributed by atoms with van der Waals surface area (Å²) in [5.74, 6) is 0. The van der Waals surface area contributed by atoms with Crippen LogP contribution in [0.2, 0.25) is 0 Å². The first-order chi connectivity index (χ1) is 11.2. The van der Waals surface area contributed by atoms with Gasteiger partial charge < -0.3 is 20.3 Å². The van der Waals surface area contributed by atoms with Crippen LogP contribution in [0.5, 0.6) is 0 Å². The van der Waals surface area contributed by atoms with E-state index in [4.69, 9.17) is 4.74 Å². The average molecular weight is 331 g/mol. The van der Waals surface area contributed by atoms with E-state index in [2.05, 4.69) is 22.5 Å². The normalized spacial score (nSPS) is 17.8. The molecule has 6 heteroatoms. The number of carbonyl (C=O) groups is 1. The SMILES string of the molecule is CC1CN(c2ccc(NC(=O)NCc3ccsc3)cc2)CCO1. The lowest BCUT2D eigenvalue weighted by Gasteiger charge is -2.33. The molecule has 122 valence electrons. The second kappa shape index (κ2) is 7.48. The van der Waals surface area contributed by atoms with Crippen molar-refractivity contribution in [2.45, 2.75) is 19.6 Å². The van der Waals surface area contributed by atoms with Crippen LogP contribution in [0, 0.1) is 0 Å². The van der Waals surface area contributed by atoms with Crippen molar-refractivity contribution in [2.24, 2.45) is 0 Å². The highest BCUT2D eigenvalue weighted by Gasteiger charge is 2.16. The van der Waals surface area contributed by atoms with E-state index in [0.29, 0.717) is 6.54 Å². The van der Waals surface area contributed by atoms with Crippen molar-refractivity contribution in [3.8, 4) is 0 Å². The molecule has 1 fully saturated rings. The fraction of sp³-hybridized carbons (Fsp3) is 0.353. The summed E-state index contributed by atoms with van der Waals surface area (Å²) in [6, 6.07) is 9.74. The van der Waals surface area contributed by atoms with E-state index in [0.717, 1.165) is 36.6 Å². The third kappa shape index (κ3) is 4.46. The van der Waals surface area contributed by atoms with Crippen LogP contribution in [0.15, 0.2) is 41.1 Å². The van der Waals surface area contributed by atoms with Crippen molar-refractivity contribution < 1.29 is 9.53 Å². The zero-order valence-corrected chi connectivity index (χ0v) is 13.9. The van der Waals surface area contributed by atoms with Gasteiger partial charge in [0.2, 0.25) is 0 Å². The molecule has 2 amide bonds. The molecule has 1 aromatic carbocycles. The van der Waals surface area contributed by atoms with Gasteiger partial charge in [0.1, 0.15) is 0 Å². The molecule has 0 saturated carbocycles. The van der Waals surface area contributed by atoms with Gasteiger partial charge in [0.15, 0.2) is 0 Å². The summed E-state index contributed by atoms with van der Waals surface area (Å²) >= 11 is 1.63. The summed E-state index contributed by atoms with van der Waals surface area (Å²) in [5, 5.41) is 9.73. The van der Waals surface area contributed by atoms with Crippen molar-refractivity contribution in [3.63, 3.8) is 0 Å². The molecule has 5 nitrogen and oxygen atoms in total. The van der Waals surface area contributed by atoms with Crippen molar-refractivity contribution in [1.82, 2.24) is 5.32 Å². The molecule has 1 unspecified atom stereocenters. The van der Waals surface area contributed by atoms with Gasteiger partial charge in [0.05, 0.1) is 12.7 Å². The summed E-state index contributed by atoms with van der Waals surface area (Å²) in [6.07, 6.45) is 0.254. The fourth-order valence-electron chi connectivity index (χ4n) is 2.56. The molecule has 1 aromatic heterocycles. The minimum absolute atomic E-state index is 0.191. The number of nitrogens with one attached hydrogen (secondary N) is 2. The maximum Gasteiger partial charge on any atom is 0.319 e. The highest BCUT2D eigenvalue weighted by atomic mass is 32.1. The lowest BCUT2D eigenvalue weighted by Crippen LogP contribution is -2.41. The van der Waals surface area contributed by atoms with E-state index in [1.165, 1.54) is 0 Å². The van der Waals surface area contributed by atoms with E-state index in [9.17, 15) is 4.79 Å². The summed E-state index contributed by atoms with van der Waals surface area (Å²) < 4.78 is 5.56. The third-order valence-electron chi connectivity index (χ3n) is 3.76. The molecular weight excluding hydrogens is 310 g/mol. The number of carbonyl (C=O) groups excluding carboxylic acids is 1. The molecule has 2 heterocycles. The molecule has 0 spiro atoms. The molecule has 23 heavy (non-hydrogen) atoms. The fourth-order valence-corrected chi connectivity index (χ4v) is 3.23. The van der Waals surface area contributed by atoms with Gasteiger partial charge in [-0.2, -0.15) is 11.3 Å². The number of thiophene rings is 1. The number of benzene rings is 1. The van der Waals surface area contributed by atoms with Gasteiger partial charge in [-0.3, -0.25) is 0 Å². The molecule has 1 atom stereocenters. The van der Waals surface area contributed by atoms with Crippen LogP contribution in [0.3, 0.4) is 0 Å². The van der Waals surface area contributed by atoms with Crippen LogP contribution >= 0.6 is 11.3 Å². The Hall–Kier alpha value is -2.05. The Morgan fingerprint density at radius 3 is 2.87 bits per heavy atom. The Morgan fingerprint density at radius 1 is 1.35 bits per heavy atom. The van der Waals surface area contributed by atoms with Gasteiger partial charge in [-0.25, -0.2) is 4.79 Å². The Bertz CT molecular complexity index is 628. The van der Waals surface area contributed by atoms with Gasteiger partial charge in [0.25, 0.3) is 0 Å². The maximum absolute atomic E-state index is 11.9. The van der Waals surface area contributed by atoms with E-state index >= 15 is 0 Å². The molecule has 1 saturated heterocycles. The average Bonchev–Trinajstić information content (AvgIpc) is 3.07. The van der Waals surface area contributed by atoms with Crippen LogP contribution in [-0.2, 0) is 11.3 Å². The lowest BCUT2D eigenvalue weighted by atomic mass is 10.2. The van der Waals surface area contributed by atoms with Crippen LogP contribution in [0.1, 0.15) is 12.5 Å². The topological polar surface area (TPSA) is 53.6 Å². The first-order valence-corrected chi connectivity index (χ1v) is 8.67. The Labute approximate surface area is 140 Å². The van der Waals surface area contributed by atoms with E-state index in [1.807, 2.05) is 41.1 Å². The minimum Gasteiger partial charge on any atom is -0.375 e. The number of amides is 2. The van der Waals surface area contributed by atoms with Crippen molar-refractivity contribution in [2.75, 3.05) is 29.9 Å². The standard InChI is InChI=1S/C17H21N3O2S/c1-13-11-20(7-8-22-13)16-4-2-15(3-5-16)19-17(21)18-10-14-6-9-23-12-14/h2-6,9,12-13H,7-8,10-11H2,1H3,(H2,18,19,21). The zero-order valence-electron chi connectivity index (χ0n) is 13.1. The summed E-state index contributed by atoms with van der Waals surface area (Å²) in [7, 11) is 0. The number of nitrogens with zero attached hydrogens (tertiary/aromatic N) is 1. The zero-order chi connectivity index (χ0) is 16.1. The number of hydrogen-bond donors (Lipinski definition) is 2. The minimum atomic E-state index is -0.191. The molecular formula is C17H21N3O2S. The Balaban J connectivity index is 1.51. The van der Waals surface area contributed by atoms with Gasteiger partial charge in [0, 0.05) is 31.0 Å². The number of morpholine rings is 1. The monoisotopic (exact) mass is 331 g/mol. The van der Waals surface area contributed by atoms with Crippen LogP contribution < -0.4 is 15.5 Å². The highest BCUT2D eigenvalue weighted by Crippen LogP contribution is 2.20. The number of rotatable bonds is 4. The van der Waals surface area contributed by atoms with Gasteiger partial charge in [-0.1, -0.05) is 0 Å². The number of urea groups is 1. The van der Waals surface area contributed by atoms with Crippen LogP contribution in [0.4, 0.5) is 16.2 Å². The van der Waals surface area contributed by atoms with Gasteiger partial charge in [-0.15, -0.1) is 0 Å². The molecule has 2 N–H and O–H groups in total. The largest absolute Gasteiger partial charge is 0.375 e. The predicted molar refractivity (Wildman–Crippen MR) is 94.2 cm³/mol. The molecule has 0 aliphatic carbocycles. The molecule has 1 aliphatic heterocycles. The van der Waals surface area contributed by atoms with Crippen LogP contribution in [0.25, 0.3) is 0 Å². The van der Waals surface area contributed by atoms with E-state index < -0.39 is 0 Å². The third-order valence-corrected chi connectivity index (χ3v) is 4.50. The smallest absolute Gasteiger partial charge is 0.319 e. The second-order valence-electron chi connectivity index (χ2n) is 5.61. The first-order valence-electron chi connectivity index (χ1n) is 7.73. The summed E-state index contributed by atoms with van der Waals surface area (Å²) in [6.45, 7) is 5.18. The summed E-state index contributed by atoms with van der Waals surface area (Å²) in [5.41, 5.74) is 3.06. The predicted octanol–water partition coefficient (Wildman–Crippen LogP) is 3.29. The Morgan fingerprint density at radius 2 is 2.17 bits per heavy atom. The second-order valence-corrected chi connectivity index (χ2v) is 6.39. The number of hydrogen-bond acceptors (Lipinski definition) is 4. The number of ether oxygens (including phenoxy) is 1. The molecule has 2 aromatic rings. The number of anilines is 2. The first kappa shape index (κ1) is 15.8. The molecule has 0 radical (unpaired) electrons. The maximum atomic E-state index is 11.9.